The number of hydrogen-bond acceptors (Lipinski definition) is 5. The van der Waals surface area contributed by atoms with E-state index in [-0.39, 0.29) is 11.5 Å². The molecule has 1 aromatic carbocycles. The molecule has 1 aliphatic rings. The first-order valence-corrected chi connectivity index (χ1v) is 9.65. The summed E-state index contributed by atoms with van der Waals surface area (Å²) in [6, 6.07) is 7.36. The van der Waals surface area contributed by atoms with Gasteiger partial charge in [0.05, 0.1) is 22.2 Å². The van der Waals surface area contributed by atoms with Gasteiger partial charge in [-0.25, -0.2) is 4.79 Å². The number of nitrogens with zero attached hydrogens (tertiary/aromatic N) is 2. The van der Waals surface area contributed by atoms with E-state index in [0.29, 0.717) is 27.3 Å². The minimum absolute atomic E-state index is 0.0383. The summed E-state index contributed by atoms with van der Waals surface area (Å²) in [5, 5.41) is 4.07. The molecule has 0 saturated heterocycles. The van der Waals surface area contributed by atoms with Crippen LogP contribution in [0.25, 0.3) is 12.2 Å². The van der Waals surface area contributed by atoms with Crippen molar-refractivity contribution in [3.05, 3.63) is 80.0 Å². The van der Waals surface area contributed by atoms with Crippen LogP contribution in [0.15, 0.2) is 52.8 Å². The summed E-state index contributed by atoms with van der Waals surface area (Å²) >= 11 is 6.82. The number of fused-ring (bicyclic) bond motifs is 1. The number of hydrogen-bond donors (Lipinski definition) is 1. The SMILES string of the molecule is C=Cc1ccc(C(=O)CSC2=CC=Cc3c(c(=S)n(C)c(=O)n3C)N2)cc1. The topological polar surface area (TPSA) is 56.0 Å². The first kappa shape index (κ1) is 19.1. The normalized spacial score (nSPS) is 12.6. The number of rotatable bonds is 5. The van der Waals surface area contributed by atoms with Gasteiger partial charge in [0.15, 0.2) is 5.78 Å². The molecule has 0 saturated carbocycles. The van der Waals surface area contributed by atoms with Crippen molar-refractivity contribution in [3.8, 4) is 0 Å². The van der Waals surface area contributed by atoms with Crippen molar-refractivity contribution in [2.75, 3.05) is 11.1 Å². The fourth-order valence-electron chi connectivity index (χ4n) is 2.68. The third kappa shape index (κ3) is 3.89. The molecule has 5 nitrogen and oxygen atoms in total. The van der Waals surface area contributed by atoms with E-state index in [2.05, 4.69) is 11.9 Å². The van der Waals surface area contributed by atoms with Crippen molar-refractivity contribution < 1.29 is 4.79 Å². The second kappa shape index (κ2) is 7.94. The van der Waals surface area contributed by atoms with E-state index >= 15 is 0 Å². The van der Waals surface area contributed by atoms with Gasteiger partial charge in [0.25, 0.3) is 0 Å². The minimum Gasteiger partial charge on any atom is -0.346 e. The van der Waals surface area contributed by atoms with E-state index in [9.17, 15) is 9.59 Å². The summed E-state index contributed by atoms with van der Waals surface area (Å²) in [5.41, 5.74) is 2.85. The van der Waals surface area contributed by atoms with Gasteiger partial charge in [0, 0.05) is 19.7 Å². The Morgan fingerprint density at radius 2 is 1.96 bits per heavy atom. The largest absolute Gasteiger partial charge is 0.346 e. The second-order valence-corrected chi connectivity index (χ2v) is 7.42. The van der Waals surface area contributed by atoms with Crippen LogP contribution in [0.2, 0.25) is 0 Å². The first-order chi connectivity index (χ1) is 12.9. The summed E-state index contributed by atoms with van der Waals surface area (Å²) in [4.78, 5) is 24.6. The Labute approximate surface area is 166 Å². The Morgan fingerprint density at radius 1 is 1.26 bits per heavy atom. The maximum atomic E-state index is 12.4. The van der Waals surface area contributed by atoms with Gasteiger partial charge < -0.3 is 5.32 Å². The van der Waals surface area contributed by atoms with Gasteiger partial charge in [-0.05, 0) is 17.7 Å². The van der Waals surface area contributed by atoms with Crippen LogP contribution in [0.1, 0.15) is 21.6 Å². The molecule has 0 radical (unpaired) electrons. The lowest BCUT2D eigenvalue weighted by Crippen LogP contribution is -2.30. The molecule has 7 heteroatoms. The van der Waals surface area contributed by atoms with E-state index in [1.807, 2.05) is 30.4 Å². The Morgan fingerprint density at radius 3 is 2.63 bits per heavy atom. The highest BCUT2D eigenvalue weighted by Gasteiger charge is 2.15. The highest BCUT2D eigenvalue weighted by Crippen LogP contribution is 2.27. The van der Waals surface area contributed by atoms with Crippen molar-refractivity contribution in [1.82, 2.24) is 9.13 Å². The van der Waals surface area contributed by atoms with Crippen LogP contribution < -0.4 is 11.0 Å². The fraction of sp³-hybridized carbons (Fsp3) is 0.150. The molecule has 138 valence electrons. The summed E-state index contributed by atoms with van der Waals surface area (Å²) in [6.07, 6.45) is 7.30. The van der Waals surface area contributed by atoms with Crippen LogP contribution in [0.5, 0.6) is 0 Å². The molecule has 2 aromatic rings. The van der Waals surface area contributed by atoms with Crippen molar-refractivity contribution in [1.29, 1.82) is 0 Å². The predicted octanol–water partition coefficient (Wildman–Crippen LogP) is 3.99. The average molecular weight is 398 g/mol. The number of carbonyl (C=O) groups excluding carboxylic acids is 1. The quantitative estimate of drug-likeness (QED) is 0.611. The van der Waals surface area contributed by atoms with Gasteiger partial charge in [-0.3, -0.25) is 13.9 Å². The number of anilines is 1. The molecule has 0 aliphatic carbocycles. The van der Waals surface area contributed by atoms with E-state index in [1.165, 1.54) is 16.3 Å². The molecule has 0 bridgehead atoms. The third-order valence-electron chi connectivity index (χ3n) is 4.29. The van der Waals surface area contributed by atoms with Crippen LogP contribution in [0, 0.1) is 4.64 Å². The molecule has 0 spiro atoms. The van der Waals surface area contributed by atoms with Gasteiger partial charge in [-0.1, -0.05) is 55.2 Å². The summed E-state index contributed by atoms with van der Waals surface area (Å²) in [6.45, 7) is 3.71. The first-order valence-electron chi connectivity index (χ1n) is 8.26. The number of aromatic nitrogens is 2. The van der Waals surface area contributed by atoms with Gasteiger partial charge in [-0.15, -0.1) is 11.8 Å². The van der Waals surface area contributed by atoms with Crippen LogP contribution in [-0.2, 0) is 14.1 Å². The minimum atomic E-state index is -0.181. The highest BCUT2D eigenvalue weighted by molar-refractivity contribution is 8.03. The molecular formula is C20H19N3O2S2. The van der Waals surface area contributed by atoms with Crippen LogP contribution in [-0.4, -0.2) is 20.7 Å². The maximum absolute atomic E-state index is 12.4. The maximum Gasteiger partial charge on any atom is 0.329 e. The molecule has 0 unspecified atom stereocenters. The molecule has 2 heterocycles. The van der Waals surface area contributed by atoms with Crippen LogP contribution in [0.3, 0.4) is 0 Å². The van der Waals surface area contributed by atoms with Crippen molar-refractivity contribution in [2.45, 2.75) is 0 Å². The zero-order valence-electron chi connectivity index (χ0n) is 15.1. The van der Waals surface area contributed by atoms with Gasteiger partial charge in [-0.2, -0.15) is 0 Å². The van der Waals surface area contributed by atoms with Crippen molar-refractivity contribution >= 4 is 47.6 Å². The van der Waals surface area contributed by atoms with Crippen LogP contribution >= 0.6 is 24.0 Å². The fourth-order valence-corrected chi connectivity index (χ4v) is 3.72. The molecule has 0 amide bonds. The van der Waals surface area contributed by atoms with Gasteiger partial charge in [0.2, 0.25) is 0 Å². The summed E-state index contributed by atoms with van der Waals surface area (Å²) in [7, 11) is 3.35. The van der Waals surface area contributed by atoms with Crippen molar-refractivity contribution in [3.63, 3.8) is 0 Å². The zero-order valence-corrected chi connectivity index (χ0v) is 16.7. The molecule has 1 N–H and O–H groups in total. The average Bonchev–Trinajstić information content (AvgIpc) is 2.91. The highest BCUT2D eigenvalue weighted by atomic mass is 32.2. The number of thioether (sulfide) groups is 1. The summed E-state index contributed by atoms with van der Waals surface area (Å²) in [5.74, 6) is 0.330. The molecule has 0 fully saturated rings. The number of allylic oxidation sites excluding steroid dienone is 2. The zero-order chi connectivity index (χ0) is 19.6. The van der Waals surface area contributed by atoms with Crippen LogP contribution in [0.4, 0.5) is 5.69 Å². The lowest BCUT2D eigenvalue weighted by atomic mass is 10.1. The predicted molar refractivity (Wildman–Crippen MR) is 116 cm³/mol. The Hall–Kier alpha value is -2.64. The Bertz CT molecular complexity index is 1090. The van der Waals surface area contributed by atoms with Gasteiger partial charge in [0.1, 0.15) is 4.64 Å². The molecule has 0 atom stereocenters. The van der Waals surface area contributed by atoms with E-state index in [4.69, 9.17) is 12.2 Å². The number of carbonyl (C=O) groups is 1. The smallest absolute Gasteiger partial charge is 0.329 e. The lowest BCUT2D eigenvalue weighted by molar-refractivity contribution is 0.102. The van der Waals surface area contributed by atoms with Gasteiger partial charge >= 0.3 is 5.69 Å². The third-order valence-corrected chi connectivity index (χ3v) is 5.72. The lowest BCUT2D eigenvalue weighted by Gasteiger charge is -2.15. The molecule has 3 rings (SSSR count). The number of nitrogens with one attached hydrogen (secondary N) is 1. The number of Topliss-reactive ketones (excluding diaryl/α,β-unsaturated/α-hetero) is 1. The van der Waals surface area contributed by atoms with Crippen molar-refractivity contribution in [2.24, 2.45) is 14.1 Å². The molecular weight excluding hydrogens is 378 g/mol. The molecule has 27 heavy (non-hydrogen) atoms. The standard InChI is InChI=1S/C20H19N3O2S2/c1-4-13-8-10-14(11-9-13)16(24)12-27-17-7-5-6-15-18(21-17)19(26)23(3)20(25)22(15)2/h4-11,21H,1,12H2,2-3H3. The second-order valence-electron chi connectivity index (χ2n) is 6.02. The Balaban J connectivity index is 1.78. The summed E-state index contributed by atoms with van der Waals surface area (Å²) < 4.78 is 3.40. The Kier molecular flexibility index (Phi) is 5.62. The van der Waals surface area contributed by atoms with E-state index in [1.54, 1.807) is 36.9 Å². The molecule has 1 aromatic heterocycles. The number of benzene rings is 1. The van der Waals surface area contributed by atoms with E-state index < -0.39 is 0 Å². The monoisotopic (exact) mass is 397 g/mol. The molecule has 1 aliphatic heterocycles. The van der Waals surface area contributed by atoms with E-state index in [0.717, 1.165) is 10.6 Å². The number of ketones is 1.